The highest BCUT2D eigenvalue weighted by Crippen LogP contribution is 2.38. The topological polar surface area (TPSA) is 108 Å². The van der Waals surface area contributed by atoms with E-state index in [1.807, 2.05) is 16.9 Å². The van der Waals surface area contributed by atoms with E-state index < -0.39 is 18.2 Å². The van der Waals surface area contributed by atoms with Crippen LogP contribution in [0.25, 0.3) is 11.1 Å². The minimum Gasteiger partial charge on any atom is -0.465 e. The lowest BCUT2D eigenvalue weighted by molar-refractivity contribution is 0.0601. The number of rotatable bonds is 3. The molecule has 2 aliphatic rings. The second-order valence-corrected chi connectivity index (χ2v) is 7.61. The Bertz CT molecular complexity index is 921. The largest absolute Gasteiger partial charge is 0.465 e. The molecular weight excluding hydrogens is 376 g/mol. The number of hydrogen-bond acceptors (Lipinski definition) is 4. The van der Waals surface area contributed by atoms with E-state index in [9.17, 15) is 19.8 Å². The van der Waals surface area contributed by atoms with E-state index in [4.69, 9.17) is 4.74 Å². The maximum absolute atomic E-state index is 11.7. The molecular formula is C20H24N4O5. The summed E-state index contributed by atoms with van der Waals surface area (Å²) < 4.78 is 7.31. The van der Waals surface area contributed by atoms with Gasteiger partial charge < -0.3 is 14.9 Å². The van der Waals surface area contributed by atoms with E-state index in [2.05, 4.69) is 5.10 Å². The van der Waals surface area contributed by atoms with Crippen molar-refractivity contribution in [3.05, 3.63) is 30.6 Å². The van der Waals surface area contributed by atoms with Gasteiger partial charge in [-0.3, -0.25) is 14.5 Å². The molecule has 2 aromatic rings. The molecule has 3 heterocycles. The molecule has 2 amide bonds. The van der Waals surface area contributed by atoms with E-state index >= 15 is 0 Å². The van der Waals surface area contributed by atoms with Crippen LogP contribution in [0.2, 0.25) is 0 Å². The van der Waals surface area contributed by atoms with Crippen LogP contribution in [0, 0.1) is 5.92 Å². The van der Waals surface area contributed by atoms with Crippen LogP contribution in [0.3, 0.4) is 0 Å². The van der Waals surface area contributed by atoms with Crippen molar-refractivity contribution in [3.63, 3.8) is 0 Å². The summed E-state index contributed by atoms with van der Waals surface area (Å²) in [6, 6.07) is 4.73. The Morgan fingerprint density at radius 3 is 2.59 bits per heavy atom. The second kappa shape index (κ2) is 7.75. The molecule has 4 rings (SSSR count). The van der Waals surface area contributed by atoms with Gasteiger partial charge in [-0.15, -0.1) is 0 Å². The number of amides is 2. The SMILES string of the molecule is C[C@H]1CN(C(=O)O)c2cc(-c3cnn(CC4CCOCC4)c3)ccc2N1C(=O)O. The number of aromatic nitrogens is 2. The molecule has 0 spiro atoms. The van der Waals surface area contributed by atoms with Gasteiger partial charge in [-0.25, -0.2) is 9.59 Å². The Hall–Kier alpha value is -3.07. The van der Waals surface area contributed by atoms with Gasteiger partial charge in [-0.05, 0) is 43.4 Å². The van der Waals surface area contributed by atoms with Crippen molar-refractivity contribution < 1.29 is 24.5 Å². The molecule has 0 bridgehead atoms. The third-order valence-corrected chi connectivity index (χ3v) is 5.60. The zero-order valence-corrected chi connectivity index (χ0v) is 16.2. The summed E-state index contributed by atoms with van der Waals surface area (Å²) in [6.07, 6.45) is 3.54. The van der Waals surface area contributed by atoms with Crippen LogP contribution in [0.1, 0.15) is 19.8 Å². The van der Waals surface area contributed by atoms with Gasteiger partial charge in [0.1, 0.15) is 0 Å². The monoisotopic (exact) mass is 400 g/mol. The van der Waals surface area contributed by atoms with Crippen LogP contribution in [-0.4, -0.2) is 58.0 Å². The highest BCUT2D eigenvalue weighted by molar-refractivity contribution is 6.00. The van der Waals surface area contributed by atoms with Gasteiger partial charge in [-0.2, -0.15) is 5.10 Å². The lowest BCUT2D eigenvalue weighted by Gasteiger charge is -2.38. The van der Waals surface area contributed by atoms with Crippen molar-refractivity contribution in [2.24, 2.45) is 5.92 Å². The Morgan fingerprint density at radius 2 is 1.90 bits per heavy atom. The number of carboxylic acid groups (broad SMARTS) is 2. The van der Waals surface area contributed by atoms with E-state index in [1.54, 1.807) is 25.3 Å². The summed E-state index contributed by atoms with van der Waals surface area (Å²) >= 11 is 0. The molecule has 0 saturated carbocycles. The van der Waals surface area contributed by atoms with Crippen molar-refractivity contribution in [1.82, 2.24) is 9.78 Å². The second-order valence-electron chi connectivity index (χ2n) is 7.61. The summed E-state index contributed by atoms with van der Waals surface area (Å²) in [5, 5.41) is 23.6. The van der Waals surface area contributed by atoms with Crippen molar-refractivity contribution in [3.8, 4) is 11.1 Å². The number of nitrogens with zero attached hydrogens (tertiary/aromatic N) is 4. The van der Waals surface area contributed by atoms with Gasteiger partial charge in [0.2, 0.25) is 0 Å². The first-order chi connectivity index (χ1) is 13.9. The summed E-state index contributed by atoms with van der Waals surface area (Å²) in [5.74, 6) is 0.535. The average Bonchev–Trinajstić information content (AvgIpc) is 3.15. The summed E-state index contributed by atoms with van der Waals surface area (Å²) in [5.41, 5.74) is 2.41. The zero-order chi connectivity index (χ0) is 20.5. The first kappa shape index (κ1) is 19.3. The number of benzene rings is 1. The van der Waals surface area contributed by atoms with Crippen LogP contribution in [-0.2, 0) is 11.3 Å². The molecule has 9 nitrogen and oxygen atoms in total. The maximum Gasteiger partial charge on any atom is 0.412 e. The highest BCUT2D eigenvalue weighted by Gasteiger charge is 2.35. The number of carbonyl (C=O) groups is 2. The van der Waals surface area contributed by atoms with Crippen molar-refractivity contribution >= 4 is 23.6 Å². The molecule has 9 heteroatoms. The van der Waals surface area contributed by atoms with Crippen molar-refractivity contribution in [1.29, 1.82) is 0 Å². The molecule has 1 aromatic heterocycles. The number of fused-ring (bicyclic) bond motifs is 1. The molecule has 1 atom stereocenters. The molecule has 0 aliphatic carbocycles. The fourth-order valence-electron chi connectivity index (χ4n) is 4.08. The Kier molecular flexibility index (Phi) is 5.14. The van der Waals surface area contributed by atoms with Gasteiger partial charge in [0.25, 0.3) is 0 Å². The minimum absolute atomic E-state index is 0.0844. The fraction of sp³-hybridized carbons (Fsp3) is 0.450. The third-order valence-electron chi connectivity index (χ3n) is 5.60. The van der Waals surface area contributed by atoms with Gasteiger partial charge in [-0.1, -0.05) is 6.07 Å². The van der Waals surface area contributed by atoms with Crippen LogP contribution in [0.5, 0.6) is 0 Å². The molecule has 0 unspecified atom stereocenters. The number of hydrogen-bond donors (Lipinski definition) is 2. The predicted molar refractivity (Wildman–Crippen MR) is 107 cm³/mol. The number of anilines is 2. The van der Waals surface area contributed by atoms with E-state index in [0.29, 0.717) is 17.3 Å². The Morgan fingerprint density at radius 1 is 1.14 bits per heavy atom. The molecule has 0 radical (unpaired) electrons. The van der Waals surface area contributed by atoms with E-state index in [0.717, 1.165) is 43.7 Å². The van der Waals surface area contributed by atoms with Crippen LogP contribution < -0.4 is 9.80 Å². The zero-order valence-electron chi connectivity index (χ0n) is 16.2. The lowest BCUT2D eigenvalue weighted by Crippen LogP contribution is -2.51. The normalized spacial score (nSPS) is 19.8. The molecule has 154 valence electrons. The van der Waals surface area contributed by atoms with Gasteiger partial charge in [0, 0.05) is 31.5 Å². The summed E-state index contributed by atoms with van der Waals surface area (Å²) in [4.78, 5) is 25.9. The molecule has 29 heavy (non-hydrogen) atoms. The van der Waals surface area contributed by atoms with Crippen molar-refractivity contribution in [2.45, 2.75) is 32.4 Å². The van der Waals surface area contributed by atoms with Crippen LogP contribution in [0.15, 0.2) is 30.6 Å². The van der Waals surface area contributed by atoms with Gasteiger partial charge in [0.05, 0.1) is 30.2 Å². The van der Waals surface area contributed by atoms with Gasteiger partial charge in [0.15, 0.2) is 0 Å². The molecule has 2 N–H and O–H groups in total. The van der Waals surface area contributed by atoms with E-state index in [-0.39, 0.29) is 6.54 Å². The highest BCUT2D eigenvalue weighted by atomic mass is 16.5. The molecule has 1 aromatic carbocycles. The van der Waals surface area contributed by atoms with Gasteiger partial charge >= 0.3 is 12.2 Å². The molecule has 1 fully saturated rings. The van der Waals surface area contributed by atoms with Crippen LogP contribution in [0.4, 0.5) is 21.0 Å². The first-order valence-corrected chi connectivity index (χ1v) is 9.71. The van der Waals surface area contributed by atoms with Crippen LogP contribution >= 0.6 is 0 Å². The standard InChI is InChI=1S/C20H24N4O5/c1-13-10-23(19(25)26)18-8-15(2-3-17(18)24(13)20(27)28)16-9-21-22(12-16)11-14-4-6-29-7-5-14/h2-3,8-9,12-14H,4-7,10-11H2,1H3,(H,25,26)(H,27,28)/t13-/m0/s1. The third kappa shape index (κ3) is 3.77. The number of ether oxygens (including phenoxy) is 1. The average molecular weight is 400 g/mol. The summed E-state index contributed by atoms with van der Waals surface area (Å²) in [6.45, 7) is 4.17. The minimum atomic E-state index is -1.10. The molecule has 2 aliphatic heterocycles. The smallest absolute Gasteiger partial charge is 0.412 e. The maximum atomic E-state index is 11.7. The van der Waals surface area contributed by atoms with Crippen molar-refractivity contribution in [2.75, 3.05) is 29.6 Å². The fourth-order valence-corrected chi connectivity index (χ4v) is 4.08. The summed E-state index contributed by atoms with van der Waals surface area (Å²) in [7, 11) is 0. The quantitative estimate of drug-likeness (QED) is 0.818. The Labute approximate surface area is 168 Å². The molecule has 1 saturated heterocycles. The predicted octanol–water partition coefficient (Wildman–Crippen LogP) is 3.35. The van der Waals surface area contributed by atoms with E-state index in [1.165, 1.54) is 9.80 Å². The first-order valence-electron chi connectivity index (χ1n) is 9.71. The Balaban J connectivity index is 1.64. The lowest BCUT2D eigenvalue weighted by atomic mass is 10.0.